The highest BCUT2D eigenvalue weighted by Crippen LogP contribution is 2.17. The van der Waals surface area contributed by atoms with Gasteiger partial charge in [0.25, 0.3) is 5.91 Å². The lowest BCUT2D eigenvalue weighted by Crippen LogP contribution is -2.11. The minimum absolute atomic E-state index is 0.156. The monoisotopic (exact) mass is 325 g/mol. The van der Waals surface area contributed by atoms with Gasteiger partial charge in [0.1, 0.15) is 5.01 Å². The molecule has 0 fully saturated rings. The van der Waals surface area contributed by atoms with Gasteiger partial charge in [-0.25, -0.2) is 0 Å². The second kappa shape index (κ2) is 6.06. The summed E-state index contributed by atoms with van der Waals surface area (Å²) >= 11 is 4.74. The summed E-state index contributed by atoms with van der Waals surface area (Å²) < 4.78 is 0. The molecule has 0 bridgehead atoms. The lowest BCUT2D eigenvalue weighted by atomic mass is 10.1. The zero-order valence-electron chi connectivity index (χ0n) is 9.81. The Bertz CT molecular complexity index is 539. The Kier molecular flexibility index (Phi) is 4.43. The van der Waals surface area contributed by atoms with Crippen molar-refractivity contribution in [2.45, 2.75) is 13.3 Å². The van der Waals surface area contributed by atoms with Crippen molar-refractivity contribution in [3.05, 3.63) is 40.4 Å². The molecule has 6 heteroatoms. The van der Waals surface area contributed by atoms with E-state index in [-0.39, 0.29) is 5.91 Å². The zero-order chi connectivity index (χ0) is 13.0. The topological polar surface area (TPSA) is 54.9 Å². The molecule has 0 saturated carbocycles. The van der Waals surface area contributed by atoms with E-state index >= 15 is 0 Å². The number of carbonyl (C=O) groups excluding carboxylic acids is 1. The fraction of sp³-hybridized carbons (Fsp3) is 0.250. The number of nitrogens with one attached hydrogen (secondary N) is 1. The van der Waals surface area contributed by atoms with E-state index < -0.39 is 0 Å². The molecule has 2 aromatic rings. The molecule has 1 aromatic heterocycles. The smallest absolute Gasteiger partial charge is 0.257 e. The lowest BCUT2D eigenvalue weighted by Gasteiger charge is -2.01. The van der Waals surface area contributed by atoms with Crippen molar-refractivity contribution in [1.82, 2.24) is 10.2 Å². The number of aryl methyl sites for hydroxylation is 2. The van der Waals surface area contributed by atoms with Crippen LogP contribution in [-0.2, 0) is 6.42 Å². The Hall–Kier alpha value is -1.27. The minimum Gasteiger partial charge on any atom is -0.296 e. The number of aromatic nitrogens is 2. The molecule has 0 spiro atoms. The molecule has 1 heterocycles. The van der Waals surface area contributed by atoms with Crippen LogP contribution in [-0.4, -0.2) is 21.4 Å². The van der Waals surface area contributed by atoms with Crippen molar-refractivity contribution in [2.75, 3.05) is 10.6 Å². The van der Waals surface area contributed by atoms with E-state index in [1.807, 2.05) is 19.1 Å². The maximum Gasteiger partial charge on any atom is 0.257 e. The largest absolute Gasteiger partial charge is 0.296 e. The van der Waals surface area contributed by atoms with Crippen LogP contribution in [0.1, 0.15) is 20.9 Å². The van der Waals surface area contributed by atoms with E-state index in [9.17, 15) is 4.79 Å². The van der Waals surface area contributed by atoms with Gasteiger partial charge in [-0.3, -0.25) is 10.1 Å². The summed E-state index contributed by atoms with van der Waals surface area (Å²) in [5.41, 5.74) is 1.75. The van der Waals surface area contributed by atoms with Gasteiger partial charge in [-0.1, -0.05) is 45.0 Å². The van der Waals surface area contributed by atoms with Crippen molar-refractivity contribution >= 4 is 38.3 Å². The highest BCUT2D eigenvalue weighted by molar-refractivity contribution is 9.09. The van der Waals surface area contributed by atoms with E-state index in [0.29, 0.717) is 10.7 Å². The molecule has 94 valence electrons. The molecule has 2 rings (SSSR count). The number of hydrogen-bond donors (Lipinski definition) is 1. The van der Waals surface area contributed by atoms with Crippen LogP contribution < -0.4 is 5.32 Å². The molecule has 1 amide bonds. The number of rotatable bonds is 4. The summed E-state index contributed by atoms with van der Waals surface area (Å²) in [5, 5.41) is 13.0. The van der Waals surface area contributed by atoms with Crippen LogP contribution in [0.3, 0.4) is 0 Å². The molecule has 1 aromatic carbocycles. The normalized spacial score (nSPS) is 10.3. The van der Waals surface area contributed by atoms with Crippen LogP contribution in [0.2, 0.25) is 0 Å². The number of amides is 1. The summed E-state index contributed by atoms with van der Waals surface area (Å²) in [6.07, 6.45) is 0.818. The van der Waals surface area contributed by atoms with E-state index in [0.717, 1.165) is 22.3 Å². The second-order valence-corrected chi connectivity index (χ2v) is 5.62. The Balaban J connectivity index is 2.04. The maximum absolute atomic E-state index is 11.9. The molecular weight excluding hydrogens is 314 g/mol. The number of anilines is 1. The first-order valence-electron chi connectivity index (χ1n) is 5.45. The molecule has 0 aliphatic carbocycles. The van der Waals surface area contributed by atoms with Crippen molar-refractivity contribution in [3.63, 3.8) is 0 Å². The predicted molar refractivity (Wildman–Crippen MR) is 76.5 cm³/mol. The number of carbonyl (C=O) groups is 1. The quantitative estimate of drug-likeness (QED) is 0.879. The summed E-state index contributed by atoms with van der Waals surface area (Å²) in [5.74, 6) is -0.156. The first kappa shape index (κ1) is 13.2. The van der Waals surface area contributed by atoms with E-state index in [2.05, 4.69) is 31.4 Å². The summed E-state index contributed by atoms with van der Waals surface area (Å²) in [6, 6.07) is 7.41. The molecular formula is C12H12BrN3OS. The van der Waals surface area contributed by atoms with Crippen molar-refractivity contribution in [2.24, 2.45) is 0 Å². The zero-order valence-corrected chi connectivity index (χ0v) is 12.2. The molecule has 0 radical (unpaired) electrons. The number of nitrogens with zero attached hydrogens (tertiary/aromatic N) is 2. The fourth-order valence-corrected chi connectivity index (χ4v) is 2.73. The molecule has 4 nitrogen and oxygen atoms in total. The summed E-state index contributed by atoms with van der Waals surface area (Å²) in [4.78, 5) is 11.9. The molecule has 0 saturated heterocycles. The van der Waals surface area contributed by atoms with E-state index in [1.54, 1.807) is 12.1 Å². The van der Waals surface area contributed by atoms with Crippen molar-refractivity contribution in [1.29, 1.82) is 0 Å². The van der Waals surface area contributed by atoms with Crippen molar-refractivity contribution in [3.8, 4) is 0 Å². The van der Waals surface area contributed by atoms with Gasteiger partial charge in [-0.05, 0) is 19.1 Å². The third-order valence-electron chi connectivity index (χ3n) is 2.31. The molecule has 1 N–H and O–H groups in total. The summed E-state index contributed by atoms with van der Waals surface area (Å²) in [6.45, 7) is 1.99. The van der Waals surface area contributed by atoms with Gasteiger partial charge < -0.3 is 0 Å². The van der Waals surface area contributed by atoms with E-state index in [4.69, 9.17) is 0 Å². The maximum atomic E-state index is 11.9. The van der Waals surface area contributed by atoms with Crippen molar-refractivity contribution < 1.29 is 4.79 Å². The predicted octanol–water partition coefficient (Wildman–Crippen LogP) is 3.04. The Morgan fingerprint density at radius 1 is 1.33 bits per heavy atom. The highest BCUT2D eigenvalue weighted by atomic mass is 79.9. The SMILES string of the molecule is Cc1ccc(C(=O)Nc2nnc(CCBr)s2)cc1. The fourth-order valence-electron chi connectivity index (χ4n) is 1.36. The lowest BCUT2D eigenvalue weighted by molar-refractivity contribution is 0.102. The number of benzene rings is 1. The average molecular weight is 326 g/mol. The van der Waals surface area contributed by atoms with Gasteiger partial charge >= 0.3 is 0 Å². The van der Waals surface area contributed by atoms with Crippen LogP contribution >= 0.6 is 27.3 Å². The van der Waals surface area contributed by atoms with Crippen LogP contribution in [0.25, 0.3) is 0 Å². The second-order valence-electron chi connectivity index (χ2n) is 3.76. The number of halogens is 1. The molecule has 0 aliphatic rings. The highest BCUT2D eigenvalue weighted by Gasteiger charge is 2.09. The van der Waals surface area contributed by atoms with Gasteiger partial charge in [-0.2, -0.15) is 0 Å². The first-order chi connectivity index (χ1) is 8.69. The third-order valence-corrected chi connectivity index (χ3v) is 3.60. The molecule has 18 heavy (non-hydrogen) atoms. The Morgan fingerprint density at radius 3 is 2.72 bits per heavy atom. The van der Waals surface area contributed by atoms with E-state index in [1.165, 1.54) is 11.3 Å². The standard InChI is InChI=1S/C12H12BrN3OS/c1-8-2-4-9(5-3-8)11(17)14-12-16-15-10(18-12)6-7-13/h2-5H,6-7H2,1H3,(H,14,16,17). The molecule has 0 unspecified atom stereocenters. The average Bonchev–Trinajstić information content (AvgIpc) is 2.78. The first-order valence-corrected chi connectivity index (χ1v) is 7.39. The van der Waals surface area contributed by atoms with Gasteiger partial charge in [-0.15, -0.1) is 10.2 Å². The number of alkyl halides is 1. The van der Waals surface area contributed by atoms with Crippen LogP contribution in [0, 0.1) is 6.92 Å². The molecule has 0 atom stereocenters. The van der Waals surface area contributed by atoms with Gasteiger partial charge in [0.05, 0.1) is 0 Å². The van der Waals surface area contributed by atoms with Crippen LogP contribution in [0.15, 0.2) is 24.3 Å². The van der Waals surface area contributed by atoms with Gasteiger partial charge in [0, 0.05) is 17.3 Å². The number of hydrogen-bond acceptors (Lipinski definition) is 4. The van der Waals surface area contributed by atoms with Gasteiger partial charge in [0.2, 0.25) is 5.13 Å². The Labute approximate surface area is 118 Å². The van der Waals surface area contributed by atoms with Gasteiger partial charge in [0.15, 0.2) is 0 Å². The third kappa shape index (κ3) is 3.36. The summed E-state index contributed by atoms with van der Waals surface area (Å²) in [7, 11) is 0. The van der Waals surface area contributed by atoms with Crippen LogP contribution in [0.5, 0.6) is 0 Å². The minimum atomic E-state index is -0.156. The Morgan fingerprint density at radius 2 is 2.06 bits per heavy atom. The molecule has 0 aliphatic heterocycles. The van der Waals surface area contributed by atoms with Crippen LogP contribution in [0.4, 0.5) is 5.13 Å².